The number of ether oxygens (including phenoxy) is 2. The summed E-state index contributed by atoms with van der Waals surface area (Å²) >= 11 is 0. The Kier molecular flexibility index (Phi) is 8.36. The molecular weight excluding hydrogens is 371 g/mol. The highest BCUT2D eigenvalue weighted by molar-refractivity contribution is 7.84. The summed E-state index contributed by atoms with van der Waals surface area (Å²) < 4.78 is 61.5. The molecule has 5 nitrogen and oxygen atoms in total. The second kappa shape index (κ2) is 9.57. The van der Waals surface area contributed by atoms with E-state index in [-0.39, 0.29) is 25.0 Å². The fraction of sp³-hybridized carbons (Fsp3) is 0.647. The Morgan fingerprint density at radius 2 is 1.88 bits per heavy atom. The van der Waals surface area contributed by atoms with E-state index in [1.807, 2.05) is 27.7 Å². The first-order valence-corrected chi connectivity index (χ1v) is 9.37. The van der Waals surface area contributed by atoms with Crippen molar-refractivity contribution in [3.05, 3.63) is 23.8 Å². The van der Waals surface area contributed by atoms with E-state index >= 15 is 0 Å². The first-order valence-electron chi connectivity index (χ1n) is 8.22. The van der Waals surface area contributed by atoms with E-state index in [4.69, 9.17) is 9.84 Å². The quantitative estimate of drug-likeness (QED) is 0.671. The molecule has 0 saturated heterocycles. The van der Waals surface area contributed by atoms with Gasteiger partial charge in [-0.15, -0.1) is 13.2 Å². The van der Waals surface area contributed by atoms with Gasteiger partial charge in [0, 0.05) is 6.04 Å². The first-order chi connectivity index (χ1) is 11.9. The monoisotopic (exact) mass is 397 g/mol. The standard InChI is InChI=1S/C17H26F3NO4S/c1-12(21-26(23)16(2,3)4)5-6-13-7-8-14(24-10-9-22)15(11-13)25-17(18,19)20/h7-8,11-12,21-22H,5-6,9-10H2,1-4H3. The van der Waals surface area contributed by atoms with Crippen molar-refractivity contribution >= 4 is 11.0 Å². The molecule has 2 unspecified atom stereocenters. The lowest BCUT2D eigenvalue weighted by atomic mass is 10.1. The summed E-state index contributed by atoms with van der Waals surface area (Å²) in [6.45, 7) is 6.99. The highest BCUT2D eigenvalue weighted by Crippen LogP contribution is 2.33. The molecule has 0 aliphatic heterocycles. The largest absolute Gasteiger partial charge is 0.573 e. The van der Waals surface area contributed by atoms with Crippen LogP contribution in [0.15, 0.2) is 18.2 Å². The molecule has 1 aromatic rings. The van der Waals surface area contributed by atoms with Gasteiger partial charge in [0.05, 0.1) is 22.3 Å². The number of halogens is 3. The number of alkyl halides is 3. The van der Waals surface area contributed by atoms with Crippen LogP contribution in [-0.2, 0) is 17.4 Å². The highest BCUT2D eigenvalue weighted by atomic mass is 32.2. The van der Waals surface area contributed by atoms with Crippen LogP contribution in [-0.4, -0.2) is 39.7 Å². The van der Waals surface area contributed by atoms with Crippen LogP contribution in [0, 0.1) is 0 Å². The molecule has 2 N–H and O–H groups in total. The highest BCUT2D eigenvalue weighted by Gasteiger charge is 2.32. The topological polar surface area (TPSA) is 67.8 Å². The maximum absolute atomic E-state index is 12.6. The van der Waals surface area contributed by atoms with Gasteiger partial charge in [-0.2, -0.15) is 0 Å². The SMILES string of the molecule is CC(CCc1ccc(OCCO)c(OC(F)(F)F)c1)NS(=O)C(C)(C)C. The molecule has 0 radical (unpaired) electrons. The average molecular weight is 397 g/mol. The second-order valence-electron chi connectivity index (χ2n) is 6.84. The molecule has 2 atom stereocenters. The molecule has 0 amide bonds. The van der Waals surface area contributed by atoms with Gasteiger partial charge in [-0.05, 0) is 58.2 Å². The van der Waals surface area contributed by atoms with Gasteiger partial charge in [0.2, 0.25) is 0 Å². The molecular formula is C17H26F3NO4S. The Hall–Kier alpha value is -1.32. The molecule has 1 rings (SSSR count). The predicted octanol–water partition coefficient (Wildman–Crippen LogP) is 3.33. The average Bonchev–Trinajstić information content (AvgIpc) is 2.49. The molecule has 9 heteroatoms. The summed E-state index contributed by atoms with van der Waals surface area (Å²) in [6.07, 6.45) is -3.78. The zero-order chi connectivity index (χ0) is 20.0. The molecule has 0 saturated carbocycles. The van der Waals surface area contributed by atoms with Crippen LogP contribution < -0.4 is 14.2 Å². The summed E-state index contributed by atoms with van der Waals surface area (Å²) in [4.78, 5) is 0. The third kappa shape index (κ3) is 8.37. The van der Waals surface area contributed by atoms with Crippen molar-refractivity contribution in [2.45, 2.75) is 57.7 Å². The number of nitrogens with one attached hydrogen (secondary N) is 1. The van der Waals surface area contributed by atoms with Gasteiger partial charge in [0.25, 0.3) is 0 Å². The van der Waals surface area contributed by atoms with E-state index in [9.17, 15) is 17.4 Å². The number of rotatable bonds is 9. The molecule has 0 bridgehead atoms. The smallest absolute Gasteiger partial charge is 0.487 e. The van der Waals surface area contributed by atoms with Gasteiger partial charge in [0.1, 0.15) is 6.61 Å². The second-order valence-corrected chi connectivity index (χ2v) is 8.84. The third-order valence-corrected chi connectivity index (χ3v) is 5.04. The Morgan fingerprint density at radius 1 is 1.23 bits per heavy atom. The fourth-order valence-corrected chi connectivity index (χ4v) is 2.83. The number of aliphatic hydroxyl groups excluding tert-OH is 1. The predicted molar refractivity (Wildman–Crippen MR) is 94.5 cm³/mol. The minimum Gasteiger partial charge on any atom is -0.487 e. The molecule has 0 aliphatic carbocycles. The summed E-state index contributed by atoms with van der Waals surface area (Å²) in [6, 6.07) is 4.22. The fourth-order valence-electron chi connectivity index (χ4n) is 1.99. The number of hydrogen-bond acceptors (Lipinski definition) is 4. The van der Waals surface area contributed by atoms with Crippen molar-refractivity contribution in [2.24, 2.45) is 0 Å². The van der Waals surface area contributed by atoms with E-state index in [1.165, 1.54) is 12.1 Å². The van der Waals surface area contributed by atoms with E-state index in [2.05, 4.69) is 9.46 Å². The Labute approximate surface area is 154 Å². The lowest BCUT2D eigenvalue weighted by Gasteiger charge is -2.22. The van der Waals surface area contributed by atoms with Crippen LogP contribution in [0.3, 0.4) is 0 Å². The lowest BCUT2D eigenvalue weighted by Crippen LogP contribution is -2.38. The van der Waals surface area contributed by atoms with E-state index in [0.717, 1.165) is 0 Å². The summed E-state index contributed by atoms with van der Waals surface area (Å²) in [5.74, 6) is -0.525. The Balaban J connectivity index is 2.77. The molecule has 150 valence electrons. The van der Waals surface area contributed by atoms with Crippen molar-refractivity contribution < 1.29 is 32.0 Å². The molecule has 1 aromatic carbocycles. The minimum atomic E-state index is -4.84. The van der Waals surface area contributed by atoms with Crippen LogP contribution in [0.25, 0.3) is 0 Å². The van der Waals surface area contributed by atoms with E-state index in [1.54, 1.807) is 6.07 Å². The summed E-state index contributed by atoms with van der Waals surface area (Å²) in [5, 5.41) is 8.76. The van der Waals surface area contributed by atoms with Gasteiger partial charge in [-0.3, -0.25) is 0 Å². The van der Waals surface area contributed by atoms with Crippen LogP contribution in [0.5, 0.6) is 11.5 Å². The third-order valence-electron chi connectivity index (χ3n) is 3.31. The number of benzene rings is 1. The summed E-state index contributed by atoms with van der Waals surface area (Å²) in [5.41, 5.74) is 0.635. The van der Waals surface area contributed by atoms with Gasteiger partial charge in [-0.25, -0.2) is 8.93 Å². The van der Waals surface area contributed by atoms with Gasteiger partial charge >= 0.3 is 6.36 Å². The maximum atomic E-state index is 12.6. The molecule has 0 aromatic heterocycles. The van der Waals surface area contributed by atoms with Gasteiger partial charge in [-0.1, -0.05) is 6.07 Å². The van der Waals surface area contributed by atoms with Crippen molar-refractivity contribution in [2.75, 3.05) is 13.2 Å². The van der Waals surface area contributed by atoms with Gasteiger partial charge in [0.15, 0.2) is 11.5 Å². The normalized spacial score (nSPS) is 14.8. The number of aryl methyl sites for hydroxylation is 1. The molecule has 0 aliphatic rings. The number of hydrogen-bond donors (Lipinski definition) is 2. The molecule has 0 heterocycles. The van der Waals surface area contributed by atoms with Crippen molar-refractivity contribution in [1.29, 1.82) is 0 Å². The van der Waals surface area contributed by atoms with Crippen LogP contribution >= 0.6 is 0 Å². The van der Waals surface area contributed by atoms with Crippen LogP contribution in [0.2, 0.25) is 0 Å². The first kappa shape index (κ1) is 22.7. The van der Waals surface area contributed by atoms with Crippen LogP contribution in [0.1, 0.15) is 39.7 Å². The molecule has 0 fully saturated rings. The van der Waals surface area contributed by atoms with Crippen molar-refractivity contribution in [1.82, 2.24) is 4.72 Å². The zero-order valence-corrected chi connectivity index (χ0v) is 16.2. The number of aliphatic hydroxyl groups is 1. The molecule has 26 heavy (non-hydrogen) atoms. The van der Waals surface area contributed by atoms with Crippen molar-refractivity contribution in [3.8, 4) is 11.5 Å². The maximum Gasteiger partial charge on any atom is 0.573 e. The molecule has 0 spiro atoms. The minimum absolute atomic E-state index is 0.0765. The van der Waals surface area contributed by atoms with Gasteiger partial charge < -0.3 is 14.6 Å². The lowest BCUT2D eigenvalue weighted by molar-refractivity contribution is -0.275. The summed E-state index contributed by atoms with van der Waals surface area (Å²) in [7, 11) is -1.22. The zero-order valence-electron chi connectivity index (χ0n) is 15.4. The van der Waals surface area contributed by atoms with E-state index < -0.39 is 27.8 Å². The van der Waals surface area contributed by atoms with Crippen LogP contribution in [0.4, 0.5) is 13.2 Å². The Morgan fingerprint density at radius 3 is 2.42 bits per heavy atom. The van der Waals surface area contributed by atoms with Crippen molar-refractivity contribution in [3.63, 3.8) is 0 Å². The Bertz CT molecular complexity index is 603. The van der Waals surface area contributed by atoms with E-state index in [0.29, 0.717) is 18.4 Å².